The van der Waals surface area contributed by atoms with Crippen molar-refractivity contribution < 1.29 is 4.39 Å². The molecule has 1 aromatic rings. The zero-order chi connectivity index (χ0) is 12.3. The van der Waals surface area contributed by atoms with Gasteiger partial charge in [-0.05, 0) is 51.0 Å². The summed E-state index contributed by atoms with van der Waals surface area (Å²) in [4.78, 5) is 2.20. The summed E-state index contributed by atoms with van der Waals surface area (Å²) in [5, 5.41) is 0. The SMILES string of the molecule is CCN(CC)c1cc(C)c(F)cc1[C@H](C)N. The van der Waals surface area contributed by atoms with Gasteiger partial charge in [-0.3, -0.25) is 0 Å². The Balaban J connectivity index is 3.29. The summed E-state index contributed by atoms with van der Waals surface area (Å²) in [6.45, 7) is 9.66. The second-order valence-electron chi connectivity index (χ2n) is 4.12. The van der Waals surface area contributed by atoms with Gasteiger partial charge in [0.15, 0.2) is 0 Å². The van der Waals surface area contributed by atoms with E-state index < -0.39 is 0 Å². The number of nitrogens with zero attached hydrogens (tertiary/aromatic N) is 1. The van der Waals surface area contributed by atoms with E-state index in [2.05, 4.69) is 18.7 Å². The van der Waals surface area contributed by atoms with Crippen LogP contribution in [0.25, 0.3) is 0 Å². The molecule has 2 nitrogen and oxygen atoms in total. The fourth-order valence-electron chi connectivity index (χ4n) is 1.88. The molecule has 0 aliphatic carbocycles. The van der Waals surface area contributed by atoms with Gasteiger partial charge in [0.1, 0.15) is 5.82 Å². The highest BCUT2D eigenvalue weighted by atomic mass is 19.1. The monoisotopic (exact) mass is 224 g/mol. The molecule has 0 aliphatic rings. The Labute approximate surface area is 97.3 Å². The van der Waals surface area contributed by atoms with Gasteiger partial charge in [-0.2, -0.15) is 0 Å². The molecule has 0 spiro atoms. The highest BCUT2D eigenvalue weighted by Gasteiger charge is 2.14. The maximum Gasteiger partial charge on any atom is 0.126 e. The maximum absolute atomic E-state index is 13.5. The zero-order valence-corrected chi connectivity index (χ0v) is 10.5. The van der Waals surface area contributed by atoms with E-state index in [1.165, 1.54) is 0 Å². The van der Waals surface area contributed by atoms with E-state index in [4.69, 9.17) is 5.73 Å². The van der Waals surface area contributed by atoms with Gasteiger partial charge in [0.25, 0.3) is 0 Å². The molecular formula is C13H21FN2. The van der Waals surface area contributed by atoms with Crippen LogP contribution in [0.15, 0.2) is 12.1 Å². The van der Waals surface area contributed by atoms with Gasteiger partial charge >= 0.3 is 0 Å². The molecule has 0 aliphatic heterocycles. The Bertz CT molecular complexity index is 357. The molecule has 2 N–H and O–H groups in total. The first-order valence-electron chi connectivity index (χ1n) is 5.81. The number of anilines is 1. The van der Waals surface area contributed by atoms with Crippen molar-refractivity contribution in [2.75, 3.05) is 18.0 Å². The molecular weight excluding hydrogens is 203 g/mol. The summed E-state index contributed by atoms with van der Waals surface area (Å²) >= 11 is 0. The quantitative estimate of drug-likeness (QED) is 0.852. The molecule has 0 heterocycles. The normalized spacial score (nSPS) is 12.6. The predicted octanol–water partition coefficient (Wildman–Crippen LogP) is 3.00. The van der Waals surface area contributed by atoms with Crippen molar-refractivity contribution in [1.29, 1.82) is 0 Å². The van der Waals surface area contributed by atoms with E-state index in [1.807, 2.05) is 13.0 Å². The molecule has 0 fully saturated rings. The Morgan fingerprint density at radius 2 is 1.88 bits per heavy atom. The van der Waals surface area contributed by atoms with E-state index in [0.717, 1.165) is 24.3 Å². The van der Waals surface area contributed by atoms with Crippen molar-refractivity contribution in [1.82, 2.24) is 0 Å². The highest BCUT2D eigenvalue weighted by molar-refractivity contribution is 5.57. The van der Waals surface area contributed by atoms with Crippen molar-refractivity contribution in [2.45, 2.75) is 33.7 Å². The number of nitrogens with two attached hydrogens (primary N) is 1. The van der Waals surface area contributed by atoms with Gasteiger partial charge in [-0.25, -0.2) is 4.39 Å². The minimum absolute atomic E-state index is 0.148. The second kappa shape index (κ2) is 5.30. The first kappa shape index (κ1) is 13.0. The van der Waals surface area contributed by atoms with Crippen LogP contribution < -0.4 is 10.6 Å². The number of halogens is 1. The third-order valence-corrected chi connectivity index (χ3v) is 2.90. The largest absolute Gasteiger partial charge is 0.372 e. The van der Waals surface area contributed by atoms with Gasteiger partial charge in [0.05, 0.1) is 0 Å². The van der Waals surface area contributed by atoms with Crippen LogP contribution in [-0.4, -0.2) is 13.1 Å². The molecule has 0 amide bonds. The van der Waals surface area contributed by atoms with Gasteiger partial charge < -0.3 is 10.6 Å². The van der Waals surface area contributed by atoms with Gasteiger partial charge in [0.2, 0.25) is 0 Å². The molecule has 90 valence electrons. The molecule has 0 saturated carbocycles. The predicted molar refractivity (Wildman–Crippen MR) is 67.3 cm³/mol. The second-order valence-corrected chi connectivity index (χ2v) is 4.12. The molecule has 0 bridgehead atoms. The standard InChI is InChI=1S/C13H21FN2/c1-5-16(6-2)13-7-9(3)12(14)8-11(13)10(4)15/h7-8,10H,5-6,15H2,1-4H3/t10-/m0/s1. The summed E-state index contributed by atoms with van der Waals surface area (Å²) < 4.78 is 13.5. The van der Waals surface area contributed by atoms with Crippen LogP contribution in [0.4, 0.5) is 10.1 Å². The number of hydrogen-bond acceptors (Lipinski definition) is 2. The number of benzene rings is 1. The lowest BCUT2D eigenvalue weighted by atomic mass is 10.0. The van der Waals surface area contributed by atoms with Gasteiger partial charge in [-0.15, -0.1) is 0 Å². The third kappa shape index (κ3) is 2.53. The smallest absolute Gasteiger partial charge is 0.126 e. The molecule has 1 aromatic carbocycles. The van der Waals surface area contributed by atoms with Crippen LogP contribution in [-0.2, 0) is 0 Å². The third-order valence-electron chi connectivity index (χ3n) is 2.90. The van der Waals surface area contributed by atoms with Crippen LogP contribution in [0.2, 0.25) is 0 Å². The minimum atomic E-state index is -0.178. The summed E-state index contributed by atoms with van der Waals surface area (Å²) in [6.07, 6.45) is 0. The summed E-state index contributed by atoms with van der Waals surface area (Å²) in [5.41, 5.74) is 8.50. The average Bonchev–Trinajstić information content (AvgIpc) is 2.24. The lowest BCUT2D eigenvalue weighted by molar-refractivity contribution is 0.612. The Kier molecular flexibility index (Phi) is 4.30. The summed E-state index contributed by atoms with van der Waals surface area (Å²) in [7, 11) is 0. The molecule has 0 aromatic heterocycles. The molecule has 16 heavy (non-hydrogen) atoms. The van der Waals surface area contributed by atoms with Gasteiger partial charge in [-0.1, -0.05) is 0 Å². The molecule has 0 saturated heterocycles. The van der Waals surface area contributed by atoms with E-state index in [9.17, 15) is 4.39 Å². The highest BCUT2D eigenvalue weighted by Crippen LogP contribution is 2.28. The lowest BCUT2D eigenvalue weighted by Gasteiger charge is -2.26. The molecule has 3 heteroatoms. The number of rotatable bonds is 4. The fraction of sp³-hybridized carbons (Fsp3) is 0.538. The van der Waals surface area contributed by atoms with Crippen LogP contribution in [0.1, 0.15) is 37.9 Å². The molecule has 1 atom stereocenters. The molecule has 0 radical (unpaired) electrons. The van der Waals surface area contributed by atoms with Crippen LogP contribution in [0, 0.1) is 12.7 Å². The van der Waals surface area contributed by atoms with Gasteiger partial charge in [0, 0.05) is 24.8 Å². The van der Waals surface area contributed by atoms with Crippen molar-refractivity contribution in [3.63, 3.8) is 0 Å². The van der Waals surface area contributed by atoms with Crippen LogP contribution in [0.5, 0.6) is 0 Å². The van der Waals surface area contributed by atoms with E-state index >= 15 is 0 Å². The molecule has 1 rings (SSSR count). The van der Waals surface area contributed by atoms with Crippen molar-refractivity contribution >= 4 is 5.69 Å². The van der Waals surface area contributed by atoms with E-state index in [1.54, 1.807) is 13.0 Å². The van der Waals surface area contributed by atoms with E-state index in [0.29, 0.717) is 5.56 Å². The van der Waals surface area contributed by atoms with Crippen molar-refractivity contribution in [2.24, 2.45) is 5.73 Å². The Morgan fingerprint density at radius 1 is 1.31 bits per heavy atom. The Hall–Kier alpha value is -1.09. The maximum atomic E-state index is 13.5. The molecule has 0 unspecified atom stereocenters. The summed E-state index contributed by atoms with van der Waals surface area (Å²) in [5.74, 6) is -0.178. The fourth-order valence-corrected chi connectivity index (χ4v) is 1.88. The first-order valence-corrected chi connectivity index (χ1v) is 5.81. The van der Waals surface area contributed by atoms with Crippen molar-refractivity contribution in [3.05, 3.63) is 29.1 Å². The first-order chi connectivity index (χ1) is 7.51. The van der Waals surface area contributed by atoms with E-state index in [-0.39, 0.29) is 11.9 Å². The number of aryl methyl sites for hydroxylation is 1. The number of hydrogen-bond donors (Lipinski definition) is 1. The topological polar surface area (TPSA) is 29.3 Å². The lowest BCUT2D eigenvalue weighted by Crippen LogP contribution is -2.25. The van der Waals surface area contributed by atoms with Crippen LogP contribution in [0.3, 0.4) is 0 Å². The zero-order valence-electron chi connectivity index (χ0n) is 10.5. The summed E-state index contributed by atoms with van der Waals surface area (Å²) in [6, 6.07) is 3.31. The Morgan fingerprint density at radius 3 is 2.31 bits per heavy atom. The minimum Gasteiger partial charge on any atom is -0.372 e. The average molecular weight is 224 g/mol. The van der Waals surface area contributed by atoms with Crippen molar-refractivity contribution in [3.8, 4) is 0 Å². The van der Waals surface area contributed by atoms with Crippen LogP contribution >= 0.6 is 0 Å².